The Labute approximate surface area is 94.4 Å². The lowest BCUT2D eigenvalue weighted by atomic mass is 9.79. The van der Waals surface area contributed by atoms with Crippen LogP contribution in [-0.4, -0.2) is 12.1 Å². The van der Waals surface area contributed by atoms with Crippen LogP contribution in [0.3, 0.4) is 0 Å². The van der Waals surface area contributed by atoms with Crippen LogP contribution in [0.2, 0.25) is 0 Å². The lowest BCUT2D eigenvalue weighted by Crippen LogP contribution is -2.43. The Morgan fingerprint density at radius 1 is 1.00 bits per heavy atom. The molecule has 2 fully saturated rings. The van der Waals surface area contributed by atoms with Crippen molar-refractivity contribution in [3.05, 3.63) is 0 Å². The monoisotopic (exact) mass is 217 g/mol. The van der Waals surface area contributed by atoms with Crippen molar-refractivity contribution in [2.24, 2.45) is 5.92 Å². The Kier molecular flexibility index (Phi) is 4.72. The zero-order valence-corrected chi connectivity index (χ0v) is 10.2. The lowest BCUT2D eigenvalue weighted by Gasteiger charge is -2.34. The van der Waals surface area contributed by atoms with E-state index in [1.807, 2.05) is 0 Å². The molecule has 1 aliphatic carbocycles. The van der Waals surface area contributed by atoms with Crippen LogP contribution in [0.15, 0.2) is 0 Å². The summed E-state index contributed by atoms with van der Waals surface area (Å²) < 4.78 is 0. The highest BCUT2D eigenvalue weighted by molar-refractivity contribution is 5.85. The number of hydrogen-bond acceptors (Lipinski definition) is 1. The molecule has 2 heteroatoms. The fraction of sp³-hybridized carbons (Fsp3) is 1.00. The van der Waals surface area contributed by atoms with Gasteiger partial charge in [0.1, 0.15) is 0 Å². The first-order chi connectivity index (χ1) is 6.31. The van der Waals surface area contributed by atoms with Crippen LogP contribution in [-0.2, 0) is 0 Å². The van der Waals surface area contributed by atoms with E-state index in [4.69, 9.17) is 0 Å². The van der Waals surface area contributed by atoms with Crippen molar-refractivity contribution in [1.82, 2.24) is 5.32 Å². The van der Waals surface area contributed by atoms with E-state index in [1.165, 1.54) is 57.9 Å². The van der Waals surface area contributed by atoms with Crippen LogP contribution in [0.25, 0.3) is 0 Å². The molecule has 0 aromatic heterocycles. The van der Waals surface area contributed by atoms with Crippen molar-refractivity contribution in [2.45, 2.75) is 63.8 Å². The minimum atomic E-state index is 0. The van der Waals surface area contributed by atoms with Crippen molar-refractivity contribution in [3.63, 3.8) is 0 Å². The quantitative estimate of drug-likeness (QED) is 0.663. The SMILES string of the molecule is CC1(C2CCCCCC2)CCCN1.Cl. The summed E-state index contributed by atoms with van der Waals surface area (Å²) in [4.78, 5) is 0. The number of hydrogen-bond donors (Lipinski definition) is 1. The second-order valence-electron chi connectivity index (χ2n) is 5.14. The fourth-order valence-corrected chi connectivity index (χ4v) is 3.18. The normalized spacial score (nSPS) is 34.9. The van der Waals surface area contributed by atoms with Crippen molar-refractivity contribution < 1.29 is 0 Å². The second kappa shape index (κ2) is 5.37. The molecule has 84 valence electrons. The molecule has 0 spiro atoms. The molecule has 0 bridgehead atoms. The average Bonchev–Trinajstić information content (AvgIpc) is 2.44. The summed E-state index contributed by atoms with van der Waals surface area (Å²) >= 11 is 0. The maximum absolute atomic E-state index is 3.73. The van der Waals surface area contributed by atoms with E-state index in [1.54, 1.807) is 0 Å². The van der Waals surface area contributed by atoms with E-state index >= 15 is 0 Å². The summed E-state index contributed by atoms with van der Waals surface area (Å²) in [5, 5.41) is 3.73. The predicted octanol–water partition coefficient (Wildman–Crippen LogP) is 3.52. The van der Waals surface area contributed by atoms with E-state index in [9.17, 15) is 0 Å². The molecule has 1 nitrogen and oxygen atoms in total. The Hall–Kier alpha value is 0.250. The van der Waals surface area contributed by atoms with E-state index < -0.39 is 0 Å². The topological polar surface area (TPSA) is 12.0 Å². The molecule has 1 N–H and O–H groups in total. The van der Waals surface area contributed by atoms with Crippen LogP contribution < -0.4 is 5.32 Å². The zero-order chi connectivity index (χ0) is 9.15. The van der Waals surface area contributed by atoms with Gasteiger partial charge in [0.25, 0.3) is 0 Å². The molecule has 0 aromatic rings. The molecule has 0 radical (unpaired) electrons. The Morgan fingerprint density at radius 3 is 2.14 bits per heavy atom. The standard InChI is InChI=1S/C12H23N.ClH/c1-12(9-6-10-13-12)11-7-4-2-3-5-8-11;/h11,13H,2-10H2,1H3;1H. The Balaban J connectivity index is 0.000000980. The summed E-state index contributed by atoms with van der Waals surface area (Å²) in [5.74, 6) is 0.970. The van der Waals surface area contributed by atoms with Crippen molar-refractivity contribution >= 4 is 12.4 Å². The van der Waals surface area contributed by atoms with Gasteiger partial charge in [0, 0.05) is 5.54 Å². The van der Waals surface area contributed by atoms with Crippen molar-refractivity contribution in [2.75, 3.05) is 6.54 Å². The van der Waals surface area contributed by atoms with E-state index in [0.717, 1.165) is 5.92 Å². The van der Waals surface area contributed by atoms with Gasteiger partial charge in [0.2, 0.25) is 0 Å². The van der Waals surface area contributed by atoms with Crippen LogP contribution >= 0.6 is 12.4 Å². The fourth-order valence-electron chi connectivity index (χ4n) is 3.18. The number of rotatable bonds is 1. The van der Waals surface area contributed by atoms with Crippen LogP contribution in [0.5, 0.6) is 0 Å². The van der Waals surface area contributed by atoms with Gasteiger partial charge >= 0.3 is 0 Å². The first-order valence-corrected chi connectivity index (χ1v) is 6.06. The molecule has 1 saturated carbocycles. The molecule has 2 rings (SSSR count). The summed E-state index contributed by atoms with van der Waals surface area (Å²) in [7, 11) is 0. The van der Waals surface area contributed by atoms with Gasteiger partial charge in [-0.15, -0.1) is 12.4 Å². The molecule has 1 saturated heterocycles. The molecule has 1 heterocycles. The minimum Gasteiger partial charge on any atom is -0.311 e. The third-order valence-corrected chi connectivity index (χ3v) is 4.16. The largest absolute Gasteiger partial charge is 0.311 e. The highest BCUT2D eigenvalue weighted by Crippen LogP contribution is 2.36. The summed E-state index contributed by atoms with van der Waals surface area (Å²) in [6.07, 6.45) is 11.7. The Morgan fingerprint density at radius 2 is 1.64 bits per heavy atom. The summed E-state index contributed by atoms with van der Waals surface area (Å²) in [6.45, 7) is 3.71. The molecular formula is C12H24ClN. The number of halogens is 1. The first-order valence-electron chi connectivity index (χ1n) is 6.06. The maximum atomic E-state index is 3.73. The molecule has 1 atom stereocenters. The summed E-state index contributed by atoms with van der Waals surface area (Å²) in [5.41, 5.74) is 0.504. The molecular weight excluding hydrogens is 194 g/mol. The highest BCUT2D eigenvalue weighted by Gasteiger charge is 2.36. The smallest absolute Gasteiger partial charge is 0.0181 e. The predicted molar refractivity (Wildman–Crippen MR) is 64.1 cm³/mol. The molecule has 1 unspecified atom stereocenters. The van der Waals surface area contributed by atoms with Crippen molar-refractivity contribution in [3.8, 4) is 0 Å². The maximum Gasteiger partial charge on any atom is 0.0181 e. The molecule has 1 aliphatic heterocycles. The van der Waals surface area contributed by atoms with Gasteiger partial charge < -0.3 is 5.32 Å². The van der Waals surface area contributed by atoms with Gasteiger partial charge in [-0.3, -0.25) is 0 Å². The molecule has 0 amide bonds. The average molecular weight is 218 g/mol. The van der Waals surface area contributed by atoms with Crippen LogP contribution in [0, 0.1) is 5.92 Å². The van der Waals surface area contributed by atoms with Gasteiger partial charge in [-0.1, -0.05) is 25.7 Å². The Bertz CT molecular complexity index is 156. The zero-order valence-electron chi connectivity index (χ0n) is 9.35. The first kappa shape index (κ1) is 12.3. The van der Waals surface area contributed by atoms with Gasteiger partial charge in [0.15, 0.2) is 0 Å². The summed E-state index contributed by atoms with van der Waals surface area (Å²) in [6, 6.07) is 0. The second-order valence-corrected chi connectivity index (χ2v) is 5.14. The van der Waals surface area contributed by atoms with Gasteiger partial charge in [0.05, 0.1) is 0 Å². The highest BCUT2D eigenvalue weighted by atomic mass is 35.5. The third-order valence-electron chi connectivity index (χ3n) is 4.16. The lowest BCUT2D eigenvalue weighted by molar-refractivity contribution is 0.235. The van der Waals surface area contributed by atoms with E-state index in [-0.39, 0.29) is 12.4 Å². The molecule has 0 aromatic carbocycles. The molecule has 2 aliphatic rings. The van der Waals surface area contributed by atoms with E-state index in [0.29, 0.717) is 5.54 Å². The van der Waals surface area contributed by atoms with Gasteiger partial charge in [-0.2, -0.15) is 0 Å². The van der Waals surface area contributed by atoms with Gasteiger partial charge in [-0.25, -0.2) is 0 Å². The minimum absolute atomic E-state index is 0. The molecule has 14 heavy (non-hydrogen) atoms. The number of nitrogens with one attached hydrogen (secondary N) is 1. The van der Waals surface area contributed by atoms with Gasteiger partial charge in [-0.05, 0) is 45.1 Å². The van der Waals surface area contributed by atoms with Crippen molar-refractivity contribution in [1.29, 1.82) is 0 Å². The van der Waals surface area contributed by atoms with Crippen LogP contribution in [0.4, 0.5) is 0 Å². The van der Waals surface area contributed by atoms with Crippen LogP contribution in [0.1, 0.15) is 58.3 Å². The van der Waals surface area contributed by atoms with E-state index in [2.05, 4.69) is 12.2 Å². The third kappa shape index (κ3) is 2.64.